The second kappa shape index (κ2) is 12.0. The second-order valence-corrected chi connectivity index (χ2v) is 3.03. The van der Waals surface area contributed by atoms with Crippen molar-refractivity contribution in [2.45, 2.75) is 25.4 Å². The van der Waals surface area contributed by atoms with Gasteiger partial charge in [0.25, 0.3) is 0 Å². The van der Waals surface area contributed by atoms with Gasteiger partial charge in [-0.3, -0.25) is 14.4 Å². The molecule has 0 aromatic rings. The summed E-state index contributed by atoms with van der Waals surface area (Å²) in [5.74, 6) is -6.03. The molecule has 0 saturated heterocycles. The second-order valence-electron chi connectivity index (χ2n) is 3.03. The summed E-state index contributed by atoms with van der Waals surface area (Å²) in [7, 11) is 0. The molecule has 0 spiro atoms. The number of carboxylic acids is 3. The van der Waals surface area contributed by atoms with Crippen molar-refractivity contribution < 1.29 is 101 Å². The van der Waals surface area contributed by atoms with Gasteiger partial charge in [0.15, 0.2) is 0 Å². The summed E-state index contributed by atoms with van der Waals surface area (Å²) >= 11 is 0. The van der Waals surface area contributed by atoms with Gasteiger partial charge in [0.1, 0.15) is 0 Å². The van der Waals surface area contributed by atoms with E-state index in [9.17, 15) is 19.2 Å². The summed E-state index contributed by atoms with van der Waals surface area (Å²) in [5.41, 5.74) is -2.57. The maximum absolute atomic E-state index is 10.8. The van der Waals surface area contributed by atoms with E-state index in [-0.39, 0.29) is 74.4 Å². The van der Waals surface area contributed by atoms with Crippen molar-refractivity contribution in [3.05, 3.63) is 0 Å². The first kappa shape index (κ1) is 27.5. The van der Waals surface area contributed by atoms with Crippen molar-refractivity contribution in [3.8, 4) is 0 Å². The fraction of sp³-hybridized carbons (Fsp3) is 0.500. The van der Waals surface area contributed by atoms with Crippen LogP contribution in [0.1, 0.15) is 22.6 Å². The Morgan fingerprint density at radius 1 is 1.00 bits per heavy atom. The Bertz CT molecular complexity index is 314. The molecular weight excluding hydrogens is 306 g/mol. The first-order valence-electron chi connectivity index (χ1n) is 4.06. The fourth-order valence-corrected chi connectivity index (χ4v) is 1.09. The molecule has 0 fully saturated rings. The van der Waals surface area contributed by atoms with Crippen LogP contribution in [0.4, 0.5) is 0 Å². The van der Waals surface area contributed by atoms with Crippen molar-refractivity contribution >= 4 is 36.3 Å². The first-order chi connectivity index (χ1) is 7.19. The average Bonchev–Trinajstić information content (AvgIpc) is 1.98. The van der Waals surface area contributed by atoms with E-state index in [1.54, 1.807) is 0 Å². The minimum atomic E-state index is -2.57. The van der Waals surface area contributed by atoms with Crippen LogP contribution in [0.25, 0.3) is 0 Å². The Hall–Kier alpha value is 0.170. The van der Waals surface area contributed by atoms with Gasteiger partial charge in [-0.2, -0.15) is 0 Å². The van der Waals surface area contributed by atoms with Crippen LogP contribution in [0, 0.1) is 0 Å². The molecule has 0 aromatic heterocycles. The Morgan fingerprint density at radius 2 is 1.32 bits per heavy atom. The van der Waals surface area contributed by atoms with Crippen LogP contribution in [0.5, 0.6) is 0 Å². The van der Waals surface area contributed by atoms with Gasteiger partial charge in [-0.1, -0.05) is 0 Å². The molecule has 0 heterocycles. The zero-order valence-corrected chi connectivity index (χ0v) is 15.5. The molecule has 0 bridgehead atoms. The van der Waals surface area contributed by atoms with Crippen LogP contribution in [0.15, 0.2) is 0 Å². The first-order valence-corrected chi connectivity index (χ1v) is 4.06. The number of ether oxygens (including phenoxy) is 1. The average molecular weight is 319 g/mol. The van der Waals surface area contributed by atoms with Gasteiger partial charge in [0, 0.05) is 6.92 Å². The van der Waals surface area contributed by atoms with Gasteiger partial charge < -0.3 is 22.9 Å². The van der Waals surface area contributed by atoms with Crippen LogP contribution in [-0.4, -0.2) is 44.8 Å². The minimum Gasteiger partial charge on any atom is -1.00 e. The van der Waals surface area contributed by atoms with Gasteiger partial charge in [-0.05, 0) is 0 Å². The molecule has 3 N–H and O–H groups in total. The molecule has 0 saturated carbocycles. The normalized spacial score (nSPS) is 8.89. The number of carbonyl (C=O) groups excluding carboxylic acids is 1. The largest absolute Gasteiger partial charge is 1.00 e. The molecule has 0 amide bonds. The number of esters is 1. The summed E-state index contributed by atoms with van der Waals surface area (Å²) in [4.78, 5) is 42.3. The predicted octanol–water partition coefficient (Wildman–Crippen LogP) is -6.02. The molecule has 0 rings (SSSR count). The fourth-order valence-electron chi connectivity index (χ4n) is 1.09. The van der Waals surface area contributed by atoms with Crippen LogP contribution in [-0.2, 0) is 23.9 Å². The van der Waals surface area contributed by atoms with Gasteiger partial charge in [0.2, 0.25) is 5.60 Å². The zero-order valence-electron chi connectivity index (χ0n) is 12.7. The molecule has 0 radical (unpaired) electrons. The molecule has 0 aliphatic carbocycles. The van der Waals surface area contributed by atoms with E-state index in [1.807, 2.05) is 0 Å². The molecule has 0 aromatic carbocycles. The SMILES string of the molecule is CC(=O)OC(CC(=O)O)(CC(=O)O)C(=O)O.Cl.[H-].[H-].[Na+].[Na+]. The van der Waals surface area contributed by atoms with Gasteiger partial charge >= 0.3 is 83.0 Å². The summed E-state index contributed by atoms with van der Waals surface area (Å²) in [6.07, 6.45) is -2.23. The molecule has 8 nitrogen and oxygen atoms in total. The van der Waals surface area contributed by atoms with Crippen molar-refractivity contribution in [2.24, 2.45) is 0 Å². The van der Waals surface area contributed by atoms with Crippen molar-refractivity contribution in [3.63, 3.8) is 0 Å². The topological polar surface area (TPSA) is 138 Å². The van der Waals surface area contributed by atoms with Crippen LogP contribution < -0.4 is 59.1 Å². The Kier molecular flexibility index (Phi) is 17.3. The van der Waals surface area contributed by atoms with Crippen molar-refractivity contribution in [1.29, 1.82) is 0 Å². The van der Waals surface area contributed by atoms with E-state index in [0.717, 1.165) is 6.92 Å². The zero-order chi connectivity index (χ0) is 12.9. The third kappa shape index (κ3) is 10.6. The maximum Gasteiger partial charge on any atom is 1.00 e. The molecule has 102 valence electrons. The van der Waals surface area contributed by atoms with Gasteiger partial charge in [-0.15, -0.1) is 12.4 Å². The van der Waals surface area contributed by atoms with E-state index in [2.05, 4.69) is 4.74 Å². The van der Waals surface area contributed by atoms with E-state index in [4.69, 9.17) is 15.3 Å². The number of hydrogen-bond acceptors (Lipinski definition) is 5. The van der Waals surface area contributed by atoms with Crippen LogP contribution in [0.2, 0.25) is 0 Å². The van der Waals surface area contributed by atoms with Gasteiger partial charge in [-0.25, -0.2) is 4.79 Å². The van der Waals surface area contributed by atoms with E-state index in [1.165, 1.54) is 0 Å². The molecular formula is C8H13ClNa2O8. The monoisotopic (exact) mass is 318 g/mol. The maximum atomic E-state index is 10.8. The third-order valence-corrected chi connectivity index (χ3v) is 1.60. The van der Waals surface area contributed by atoms with E-state index < -0.39 is 42.3 Å². The van der Waals surface area contributed by atoms with E-state index >= 15 is 0 Å². The van der Waals surface area contributed by atoms with Crippen molar-refractivity contribution in [2.75, 3.05) is 0 Å². The van der Waals surface area contributed by atoms with Crippen LogP contribution >= 0.6 is 12.4 Å². The number of carboxylic acid groups (broad SMARTS) is 3. The summed E-state index contributed by atoms with van der Waals surface area (Å²) in [6.45, 7) is 0.862. The van der Waals surface area contributed by atoms with Crippen molar-refractivity contribution in [1.82, 2.24) is 0 Å². The third-order valence-electron chi connectivity index (χ3n) is 1.60. The number of carbonyl (C=O) groups is 4. The molecule has 0 aliphatic rings. The van der Waals surface area contributed by atoms with E-state index in [0.29, 0.717) is 0 Å². The Balaban J connectivity index is -0.000000112. The number of halogens is 1. The predicted molar refractivity (Wildman–Crippen MR) is 56.1 cm³/mol. The Morgan fingerprint density at radius 3 is 1.47 bits per heavy atom. The summed E-state index contributed by atoms with van der Waals surface area (Å²) in [5, 5.41) is 25.7. The number of hydrogen-bond donors (Lipinski definition) is 3. The number of rotatable bonds is 6. The summed E-state index contributed by atoms with van der Waals surface area (Å²) < 4.78 is 4.32. The summed E-state index contributed by atoms with van der Waals surface area (Å²) in [6, 6.07) is 0. The Labute approximate surface area is 161 Å². The molecule has 19 heavy (non-hydrogen) atoms. The quantitative estimate of drug-likeness (QED) is 0.325. The molecule has 0 atom stereocenters. The standard InChI is InChI=1S/C8H10O8.ClH.2Na.2H/c1-4(9)16-8(7(14)15,2-5(10)11)3-6(12)13;;;;;/h2-3H2,1H3,(H,10,11)(H,12,13)(H,14,15);1H;;;;/q;;2*+1;2*-1. The number of aliphatic carboxylic acids is 3. The molecule has 0 unspecified atom stereocenters. The molecule has 11 heteroatoms. The molecule has 0 aliphatic heterocycles. The van der Waals surface area contributed by atoms with Gasteiger partial charge in [0.05, 0.1) is 12.8 Å². The van der Waals surface area contributed by atoms with Crippen LogP contribution in [0.3, 0.4) is 0 Å². The minimum absolute atomic E-state index is 0. The smallest absolute Gasteiger partial charge is 1.00 e.